The number of rotatable bonds is 4. The molecule has 2 fully saturated rings. The number of amides is 1. The Balaban J connectivity index is 1.69. The van der Waals surface area contributed by atoms with E-state index in [1.54, 1.807) is 6.07 Å². The summed E-state index contributed by atoms with van der Waals surface area (Å²) in [6.45, 7) is 0. The molecule has 0 radical (unpaired) electrons. The minimum Gasteiger partial charge on any atom is -0.367 e. The summed E-state index contributed by atoms with van der Waals surface area (Å²) in [5.74, 6) is 0.655. The van der Waals surface area contributed by atoms with Crippen molar-refractivity contribution >= 4 is 11.7 Å². The summed E-state index contributed by atoms with van der Waals surface area (Å²) in [6.07, 6.45) is 5.99. The average Bonchev–Trinajstić information content (AvgIpc) is 3.14. The van der Waals surface area contributed by atoms with Gasteiger partial charge in [0.1, 0.15) is 17.8 Å². The molecule has 16 heavy (non-hydrogen) atoms. The Kier molecular flexibility index (Phi) is 2.23. The molecule has 84 valence electrons. The van der Waals surface area contributed by atoms with Gasteiger partial charge < -0.3 is 10.6 Å². The summed E-state index contributed by atoms with van der Waals surface area (Å²) in [4.78, 5) is 19.8. The van der Waals surface area contributed by atoms with Crippen LogP contribution in [-0.4, -0.2) is 28.0 Å². The number of nitrogens with zero attached hydrogens (tertiary/aromatic N) is 2. The molecule has 1 aromatic heterocycles. The smallest absolute Gasteiger partial charge is 0.270 e. The Hall–Kier alpha value is -1.65. The molecule has 1 heterocycles. The molecule has 2 aliphatic carbocycles. The number of anilines is 1. The van der Waals surface area contributed by atoms with Gasteiger partial charge in [0.25, 0.3) is 5.91 Å². The first-order valence-electron chi connectivity index (χ1n) is 5.71. The Bertz CT molecular complexity index is 412. The normalized spacial score (nSPS) is 19.2. The molecule has 1 amide bonds. The van der Waals surface area contributed by atoms with Crippen LogP contribution in [0, 0.1) is 0 Å². The quantitative estimate of drug-likeness (QED) is 0.789. The van der Waals surface area contributed by atoms with Crippen LogP contribution in [0.15, 0.2) is 12.4 Å². The predicted molar refractivity (Wildman–Crippen MR) is 59.2 cm³/mol. The average molecular weight is 218 g/mol. The first kappa shape index (κ1) is 9.57. The zero-order chi connectivity index (χ0) is 11.0. The van der Waals surface area contributed by atoms with Crippen LogP contribution in [0.5, 0.6) is 0 Å². The van der Waals surface area contributed by atoms with E-state index in [1.165, 1.54) is 19.2 Å². The fraction of sp³-hybridized carbons (Fsp3) is 0.545. The van der Waals surface area contributed by atoms with Gasteiger partial charge in [0, 0.05) is 18.2 Å². The maximum Gasteiger partial charge on any atom is 0.270 e. The Morgan fingerprint density at radius 1 is 1.19 bits per heavy atom. The third-order valence-corrected chi connectivity index (χ3v) is 2.74. The molecule has 0 aliphatic heterocycles. The minimum absolute atomic E-state index is 0.0938. The van der Waals surface area contributed by atoms with Gasteiger partial charge in [0.15, 0.2) is 0 Å². The Morgan fingerprint density at radius 2 is 1.94 bits per heavy atom. The first-order valence-corrected chi connectivity index (χ1v) is 5.71. The zero-order valence-corrected chi connectivity index (χ0v) is 8.94. The molecule has 0 bridgehead atoms. The number of carbonyl (C=O) groups is 1. The summed E-state index contributed by atoms with van der Waals surface area (Å²) in [5.41, 5.74) is 0.449. The highest BCUT2D eigenvalue weighted by atomic mass is 16.2. The molecular weight excluding hydrogens is 204 g/mol. The SMILES string of the molecule is O=C(NC1CC1)c1cc(NC2CC2)ncn1. The number of aromatic nitrogens is 2. The van der Waals surface area contributed by atoms with Crippen molar-refractivity contribution in [2.24, 2.45) is 0 Å². The monoisotopic (exact) mass is 218 g/mol. The number of hydrogen-bond acceptors (Lipinski definition) is 4. The molecule has 0 unspecified atom stereocenters. The molecule has 2 N–H and O–H groups in total. The van der Waals surface area contributed by atoms with Gasteiger partial charge >= 0.3 is 0 Å². The van der Waals surface area contributed by atoms with Crippen molar-refractivity contribution in [1.82, 2.24) is 15.3 Å². The molecule has 3 rings (SSSR count). The molecule has 0 aromatic carbocycles. The Labute approximate surface area is 93.7 Å². The lowest BCUT2D eigenvalue weighted by molar-refractivity contribution is 0.0946. The Morgan fingerprint density at radius 3 is 2.62 bits per heavy atom. The molecule has 0 saturated heterocycles. The maximum absolute atomic E-state index is 11.7. The van der Waals surface area contributed by atoms with Gasteiger partial charge in [-0.1, -0.05) is 0 Å². The lowest BCUT2D eigenvalue weighted by atomic mass is 10.3. The van der Waals surface area contributed by atoms with Gasteiger partial charge in [-0.15, -0.1) is 0 Å². The molecule has 0 atom stereocenters. The molecular formula is C11H14N4O. The number of carbonyl (C=O) groups excluding carboxylic acids is 1. The van der Waals surface area contributed by atoms with Crippen molar-refractivity contribution < 1.29 is 4.79 Å². The zero-order valence-electron chi connectivity index (χ0n) is 8.94. The summed E-state index contributed by atoms with van der Waals surface area (Å²) >= 11 is 0. The van der Waals surface area contributed by atoms with E-state index < -0.39 is 0 Å². The van der Waals surface area contributed by atoms with Crippen molar-refractivity contribution in [2.45, 2.75) is 37.8 Å². The van der Waals surface area contributed by atoms with Gasteiger partial charge in [-0.25, -0.2) is 9.97 Å². The van der Waals surface area contributed by atoms with Crippen LogP contribution in [0.25, 0.3) is 0 Å². The van der Waals surface area contributed by atoms with Crippen LogP contribution in [0.1, 0.15) is 36.2 Å². The van der Waals surface area contributed by atoms with E-state index in [-0.39, 0.29) is 5.91 Å². The lowest BCUT2D eigenvalue weighted by Crippen LogP contribution is -2.26. The van der Waals surface area contributed by atoms with Crippen molar-refractivity contribution in [3.8, 4) is 0 Å². The first-order chi connectivity index (χ1) is 7.81. The van der Waals surface area contributed by atoms with Crippen LogP contribution in [0.4, 0.5) is 5.82 Å². The van der Waals surface area contributed by atoms with Crippen molar-refractivity contribution in [3.63, 3.8) is 0 Å². The fourth-order valence-electron chi connectivity index (χ4n) is 1.48. The molecule has 1 aromatic rings. The van der Waals surface area contributed by atoms with Gasteiger partial charge in [-0.2, -0.15) is 0 Å². The molecule has 2 aliphatic rings. The molecule has 5 nitrogen and oxygen atoms in total. The second kappa shape index (κ2) is 3.73. The third-order valence-electron chi connectivity index (χ3n) is 2.74. The fourth-order valence-corrected chi connectivity index (χ4v) is 1.48. The predicted octanol–water partition coefficient (Wildman–Crippen LogP) is 0.943. The highest BCUT2D eigenvalue weighted by molar-refractivity contribution is 5.93. The second-order valence-corrected chi connectivity index (χ2v) is 4.45. The number of hydrogen-bond donors (Lipinski definition) is 2. The topological polar surface area (TPSA) is 66.9 Å². The molecule has 2 saturated carbocycles. The van der Waals surface area contributed by atoms with Gasteiger partial charge in [-0.3, -0.25) is 4.79 Å². The van der Waals surface area contributed by atoms with Gasteiger partial charge in [0.2, 0.25) is 0 Å². The van der Waals surface area contributed by atoms with E-state index in [9.17, 15) is 4.79 Å². The van der Waals surface area contributed by atoms with Crippen LogP contribution >= 0.6 is 0 Å². The van der Waals surface area contributed by atoms with Crippen LogP contribution < -0.4 is 10.6 Å². The van der Waals surface area contributed by atoms with Crippen molar-refractivity contribution in [2.75, 3.05) is 5.32 Å². The maximum atomic E-state index is 11.7. The number of nitrogens with one attached hydrogen (secondary N) is 2. The lowest BCUT2D eigenvalue weighted by Gasteiger charge is -2.05. The second-order valence-electron chi connectivity index (χ2n) is 4.45. The standard InChI is InChI=1S/C11H14N4O/c16-11(15-8-3-4-8)9-5-10(13-6-12-9)14-7-1-2-7/h5-8H,1-4H2,(H,15,16)(H,12,13,14). The van der Waals surface area contributed by atoms with E-state index in [1.807, 2.05) is 0 Å². The van der Waals surface area contributed by atoms with Crippen LogP contribution in [0.2, 0.25) is 0 Å². The summed E-state index contributed by atoms with van der Waals surface area (Å²) in [7, 11) is 0. The van der Waals surface area contributed by atoms with Gasteiger partial charge in [-0.05, 0) is 25.7 Å². The van der Waals surface area contributed by atoms with Crippen LogP contribution in [0.3, 0.4) is 0 Å². The van der Waals surface area contributed by atoms with E-state index in [0.717, 1.165) is 18.7 Å². The van der Waals surface area contributed by atoms with Crippen LogP contribution in [-0.2, 0) is 0 Å². The van der Waals surface area contributed by atoms with E-state index >= 15 is 0 Å². The van der Waals surface area contributed by atoms with E-state index in [2.05, 4.69) is 20.6 Å². The highest BCUT2D eigenvalue weighted by Crippen LogP contribution is 2.23. The minimum atomic E-state index is -0.0938. The summed E-state index contributed by atoms with van der Waals surface area (Å²) in [5, 5.41) is 6.16. The van der Waals surface area contributed by atoms with Crippen molar-refractivity contribution in [1.29, 1.82) is 0 Å². The van der Waals surface area contributed by atoms with E-state index in [0.29, 0.717) is 17.8 Å². The van der Waals surface area contributed by atoms with E-state index in [4.69, 9.17) is 0 Å². The van der Waals surface area contributed by atoms with Crippen molar-refractivity contribution in [3.05, 3.63) is 18.1 Å². The molecule has 5 heteroatoms. The largest absolute Gasteiger partial charge is 0.367 e. The van der Waals surface area contributed by atoms with Gasteiger partial charge in [0.05, 0.1) is 0 Å². The third kappa shape index (κ3) is 2.29. The summed E-state index contributed by atoms with van der Waals surface area (Å²) in [6, 6.07) is 2.62. The summed E-state index contributed by atoms with van der Waals surface area (Å²) < 4.78 is 0. The molecule has 0 spiro atoms. The highest BCUT2D eigenvalue weighted by Gasteiger charge is 2.25.